The fourth-order valence-corrected chi connectivity index (χ4v) is 4.48. The summed E-state index contributed by atoms with van der Waals surface area (Å²) in [4.78, 5) is 11.4. The number of anilines is 1. The molecule has 0 saturated carbocycles. The molecule has 5 heteroatoms. The Bertz CT molecular complexity index is 719. The van der Waals surface area contributed by atoms with Crippen molar-refractivity contribution in [2.45, 2.75) is 57.7 Å². The summed E-state index contributed by atoms with van der Waals surface area (Å²) < 4.78 is 0. The van der Waals surface area contributed by atoms with E-state index in [-0.39, 0.29) is 0 Å². The summed E-state index contributed by atoms with van der Waals surface area (Å²) >= 11 is 0. The van der Waals surface area contributed by atoms with E-state index in [0.29, 0.717) is 18.1 Å². The number of nitrogens with zero attached hydrogens (tertiary/aromatic N) is 3. The maximum absolute atomic E-state index is 4.63. The van der Waals surface area contributed by atoms with Gasteiger partial charge in [0.1, 0.15) is 11.6 Å². The molecule has 2 atom stereocenters. The standard InChI is InChI=1S/C22H31N5/c1-16-14-22(25-17(2)24-16)27-12-9-19(10-13-27)26-20-8-11-23-21(15-20)18-6-4-3-5-7-18/h3-7,14,19-21,23,26H,8-13,15H2,1-2H3. The summed E-state index contributed by atoms with van der Waals surface area (Å²) in [5.41, 5.74) is 2.47. The highest BCUT2D eigenvalue weighted by Gasteiger charge is 2.27. The van der Waals surface area contributed by atoms with Gasteiger partial charge in [0.25, 0.3) is 0 Å². The molecule has 2 aromatic rings. The average molecular weight is 366 g/mol. The van der Waals surface area contributed by atoms with Gasteiger partial charge >= 0.3 is 0 Å². The lowest BCUT2D eigenvalue weighted by atomic mass is 9.92. The molecule has 0 amide bonds. The third kappa shape index (κ3) is 4.66. The Balaban J connectivity index is 1.30. The highest BCUT2D eigenvalue weighted by atomic mass is 15.2. The van der Waals surface area contributed by atoms with Crippen LogP contribution >= 0.6 is 0 Å². The van der Waals surface area contributed by atoms with E-state index in [9.17, 15) is 0 Å². The second kappa shape index (κ2) is 8.36. The lowest BCUT2D eigenvalue weighted by molar-refractivity contribution is 0.279. The molecule has 5 nitrogen and oxygen atoms in total. The van der Waals surface area contributed by atoms with Gasteiger partial charge in [-0.3, -0.25) is 0 Å². The molecule has 4 rings (SSSR count). The van der Waals surface area contributed by atoms with Gasteiger partial charge in [-0.15, -0.1) is 0 Å². The van der Waals surface area contributed by atoms with Crippen molar-refractivity contribution in [3.63, 3.8) is 0 Å². The normalized spacial score (nSPS) is 24.1. The van der Waals surface area contributed by atoms with Gasteiger partial charge in [-0.2, -0.15) is 0 Å². The van der Waals surface area contributed by atoms with Crippen LogP contribution < -0.4 is 15.5 Å². The first-order valence-corrected chi connectivity index (χ1v) is 10.3. The van der Waals surface area contributed by atoms with Crippen LogP contribution in [0.5, 0.6) is 0 Å². The van der Waals surface area contributed by atoms with Crippen LogP contribution in [0.1, 0.15) is 48.8 Å². The number of aromatic nitrogens is 2. The summed E-state index contributed by atoms with van der Waals surface area (Å²) in [6.45, 7) is 7.26. The number of hydrogen-bond acceptors (Lipinski definition) is 5. The van der Waals surface area contributed by atoms with Crippen LogP contribution in [0.25, 0.3) is 0 Å². The molecule has 144 valence electrons. The van der Waals surface area contributed by atoms with E-state index in [1.165, 1.54) is 31.2 Å². The molecule has 2 unspecified atom stereocenters. The van der Waals surface area contributed by atoms with E-state index >= 15 is 0 Å². The Kier molecular flexibility index (Phi) is 5.69. The first-order chi connectivity index (χ1) is 13.2. The van der Waals surface area contributed by atoms with Crippen LogP contribution in [0, 0.1) is 13.8 Å². The fraction of sp³-hybridized carbons (Fsp3) is 0.545. The highest BCUT2D eigenvalue weighted by molar-refractivity contribution is 5.40. The van der Waals surface area contributed by atoms with E-state index in [0.717, 1.165) is 37.0 Å². The lowest BCUT2D eigenvalue weighted by Crippen LogP contribution is -2.50. The fourth-order valence-electron chi connectivity index (χ4n) is 4.48. The molecule has 0 bridgehead atoms. The van der Waals surface area contributed by atoms with Crippen molar-refractivity contribution in [1.82, 2.24) is 20.6 Å². The van der Waals surface area contributed by atoms with E-state index in [1.807, 2.05) is 13.8 Å². The molecule has 0 aliphatic carbocycles. The Labute approximate surface area is 162 Å². The molecule has 2 fully saturated rings. The summed E-state index contributed by atoms with van der Waals surface area (Å²) in [5.74, 6) is 1.95. The summed E-state index contributed by atoms with van der Waals surface area (Å²) in [7, 11) is 0. The second-order valence-corrected chi connectivity index (χ2v) is 7.98. The predicted molar refractivity (Wildman–Crippen MR) is 110 cm³/mol. The van der Waals surface area contributed by atoms with E-state index in [2.05, 4.69) is 61.9 Å². The third-order valence-electron chi connectivity index (χ3n) is 5.85. The number of hydrogen-bond donors (Lipinski definition) is 2. The molecular formula is C22H31N5. The monoisotopic (exact) mass is 365 g/mol. The van der Waals surface area contributed by atoms with Gasteiger partial charge in [0.2, 0.25) is 0 Å². The molecule has 1 aromatic heterocycles. The molecule has 2 N–H and O–H groups in total. The molecular weight excluding hydrogens is 334 g/mol. The molecule has 2 aliphatic heterocycles. The quantitative estimate of drug-likeness (QED) is 0.872. The summed E-state index contributed by atoms with van der Waals surface area (Å²) in [5, 5.41) is 7.63. The van der Waals surface area contributed by atoms with Crippen LogP contribution in [0.15, 0.2) is 36.4 Å². The van der Waals surface area contributed by atoms with Gasteiger partial charge in [0, 0.05) is 43.0 Å². The van der Waals surface area contributed by atoms with E-state index < -0.39 is 0 Å². The number of nitrogens with one attached hydrogen (secondary N) is 2. The summed E-state index contributed by atoms with van der Waals surface area (Å²) in [6.07, 6.45) is 4.76. The van der Waals surface area contributed by atoms with Crippen LogP contribution in [-0.2, 0) is 0 Å². The Hall–Kier alpha value is -1.98. The number of aryl methyl sites for hydroxylation is 2. The van der Waals surface area contributed by atoms with Crippen LogP contribution in [-0.4, -0.2) is 41.7 Å². The first kappa shape index (κ1) is 18.4. The maximum atomic E-state index is 4.63. The minimum Gasteiger partial charge on any atom is -0.356 e. The minimum absolute atomic E-state index is 0.476. The average Bonchev–Trinajstić information content (AvgIpc) is 2.69. The van der Waals surface area contributed by atoms with Gasteiger partial charge < -0.3 is 15.5 Å². The molecule has 3 heterocycles. The van der Waals surface area contributed by atoms with E-state index in [1.54, 1.807) is 0 Å². The van der Waals surface area contributed by atoms with Crippen molar-refractivity contribution >= 4 is 5.82 Å². The maximum Gasteiger partial charge on any atom is 0.132 e. The SMILES string of the molecule is Cc1cc(N2CCC(NC3CCNC(c4ccccc4)C3)CC2)nc(C)n1. The van der Waals surface area contributed by atoms with Gasteiger partial charge in [0.15, 0.2) is 0 Å². The van der Waals surface area contributed by atoms with Gasteiger partial charge in [-0.05, 0) is 51.6 Å². The zero-order valence-electron chi connectivity index (χ0n) is 16.5. The Morgan fingerprint density at radius 3 is 2.52 bits per heavy atom. The van der Waals surface area contributed by atoms with Gasteiger partial charge in [-0.1, -0.05) is 30.3 Å². The van der Waals surface area contributed by atoms with Crippen molar-refractivity contribution in [3.8, 4) is 0 Å². The zero-order valence-corrected chi connectivity index (χ0v) is 16.5. The predicted octanol–water partition coefficient (Wildman–Crippen LogP) is 3.15. The van der Waals surface area contributed by atoms with E-state index in [4.69, 9.17) is 0 Å². The molecule has 27 heavy (non-hydrogen) atoms. The molecule has 2 saturated heterocycles. The number of benzene rings is 1. The summed E-state index contributed by atoms with van der Waals surface area (Å²) in [6, 6.07) is 14.7. The highest BCUT2D eigenvalue weighted by Crippen LogP contribution is 2.25. The second-order valence-electron chi connectivity index (χ2n) is 7.98. The molecule has 0 radical (unpaired) electrons. The number of piperidine rings is 2. The van der Waals surface area contributed by atoms with Crippen molar-refractivity contribution < 1.29 is 0 Å². The molecule has 2 aliphatic rings. The Morgan fingerprint density at radius 2 is 1.78 bits per heavy atom. The van der Waals surface area contributed by atoms with Crippen LogP contribution in [0.4, 0.5) is 5.82 Å². The Morgan fingerprint density at radius 1 is 1.00 bits per heavy atom. The number of rotatable bonds is 4. The van der Waals surface area contributed by atoms with Crippen molar-refractivity contribution in [1.29, 1.82) is 0 Å². The van der Waals surface area contributed by atoms with Crippen molar-refractivity contribution in [2.24, 2.45) is 0 Å². The van der Waals surface area contributed by atoms with Crippen LogP contribution in [0.2, 0.25) is 0 Å². The first-order valence-electron chi connectivity index (χ1n) is 10.3. The molecule has 1 aromatic carbocycles. The van der Waals surface area contributed by atoms with Gasteiger partial charge in [-0.25, -0.2) is 9.97 Å². The van der Waals surface area contributed by atoms with Crippen molar-refractivity contribution in [3.05, 3.63) is 53.5 Å². The van der Waals surface area contributed by atoms with Crippen LogP contribution in [0.3, 0.4) is 0 Å². The third-order valence-corrected chi connectivity index (χ3v) is 5.85. The minimum atomic E-state index is 0.476. The smallest absolute Gasteiger partial charge is 0.132 e. The molecule has 0 spiro atoms. The van der Waals surface area contributed by atoms with Gasteiger partial charge in [0.05, 0.1) is 0 Å². The lowest BCUT2D eigenvalue weighted by Gasteiger charge is -2.38. The van der Waals surface area contributed by atoms with Crippen molar-refractivity contribution in [2.75, 3.05) is 24.5 Å². The zero-order chi connectivity index (χ0) is 18.6. The topological polar surface area (TPSA) is 53.1 Å². The largest absolute Gasteiger partial charge is 0.356 e.